The Kier molecular flexibility index (Phi) is 7.08. The van der Waals surface area contributed by atoms with Gasteiger partial charge in [-0.2, -0.15) is 0 Å². The largest absolute Gasteiger partial charge is 0.326 e. The third-order valence-electron chi connectivity index (χ3n) is 6.61. The molecule has 4 rings (SSSR count). The van der Waals surface area contributed by atoms with Crippen LogP contribution in [0.2, 0.25) is 0 Å². The minimum absolute atomic E-state index is 0.0665. The van der Waals surface area contributed by atoms with Gasteiger partial charge in [0.15, 0.2) is 0 Å². The van der Waals surface area contributed by atoms with Crippen LogP contribution in [0.1, 0.15) is 75.1 Å². The van der Waals surface area contributed by atoms with Crippen LogP contribution in [-0.2, 0) is 22.6 Å². The maximum Gasteiger partial charge on any atom is 0.228 e. The first-order valence-corrected chi connectivity index (χ1v) is 12.1. The average molecular weight is 450 g/mol. The molecular weight excluding hydrogens is 414 g/mol. The molecule has 0 aliphatic carbocycles. The van der Waals surface area contributed by atoms with Crippen molar-refractivity contribution < 1.29 is 9.59 Å². The number of nitrogens with zero attached hydrogens (tertiary/aromatic N) is 4. The van der Waals surface area contributed by atoms with Gasteiger partial charge in [0.2, 0.25) is 11.8 Å². The summed E-state index contributed by atoms with van der Waals surface area (Å²) in [6.45, 7) is 10.5. The van der Waals surface area contributed by atoms with Gasteiger partial charge in [-0.05, 0) is 62.8 Å². The van der Waals surface area contributed by atoms with Crippen molar-refractivity contribution in [1.29, 1.82) is 0 Å². The molecule has 1 saturated heterocycles. The molecule has 2 amide bonds. The van der Waals surface area contributed by atoms with Gasteiger partial charge in [-0.25, -0.2) is 9.97 Å². The molecule has 1 aromatic heterocycles. The molecule has 1 aromatic carbocycles. The molecule has 0 spiro atoms. The highest BCUT2D eigenvalue weighted by atomic mass is 16.2. The second-order valence-corrected chi connectivity index (χ2v) is 9.70. The summed E-state index contributed by atoms with van der Waals surface area (Å²) in [5.41, 5.74) is 4.13. The molecule has 1 N–H and O–H groups in total. The van der Waals surface area contributed by atoms with Gasteiger partial charge in [0, 0.05) is 43.4 Å². The summed E-state index contributed by atoms with van der Waals surface area (Å²) in [6, 6.07) is 8.16. The zero-order chi connectivity index (χ0) is 23.5. The number of anilines is 2. The molecule has 1 fully saturated rings. The topological polar surface area (TPSA) is 78.4 Å². The van der Waals surface area contributed by atoms with Gasteiger partial charge in [-0.3, -0.25) is 19.4 Å². The van der Waals surface area contributed by atoms with Crippen LogP contribution in [0.5, 0.6) is 0 Å². The number of carbonyl (C=O) groups is 2. The lowest BCUT2D eigenvalue weighted by atomic mass is 10.0. The fraction of sp³-hybridized carbons (Fsp3) is 0.538. The minimum Gasteiger partial charge on any atom is -0.326 e. The van der Waals surface area contributed by atoms with E-state index in [9.17, 15) is 9.59 Å². The van der Waals surface area contributed by atoms with Crippen LogP contribution in [0.15, 0.2) is 24.3 Å². The molecule has 7 nitrogen and oxygen atoms in total. The Morgan fingerprint density at radius 1 is 1.18 bits per heavy atom. The van der Waals surface area contributed by atoms with Gasteiger partial charge in [0.05, 0.1) is 6.04 Å². The molecule has 0 saturated carbocycles. The fourth-order valence-electron chi connectivity index (χ4n) is 4.81. The number of carbonyl (C=O) groups excluding carboxylic acids is 2. The Morgan fingerprint density at radius 3 is 2.64 bits per heavy atom. The minimum atomic E-state index is -0.0665. The second kappa shape index (κ2) is 10.00. The van der Waals surface area contributed by atoms with E-state index in [1.54, 1.807) is 0 Å². The van der Waals surface area contributed by atoms with E-state index in [0.717, 1.165) is 67.4 Å². The highest BCUT2D eigenvalue weighted by molar-refractivity contribution is 5.95. The predicted octanol–water partition coefficient (Wildman–Crippen LogP) is 4.41. The van der Waals surface area contributed by atoms with Crippen molar-refractivity contribution in [2.45, 2.75) is 72.4 Å². The zero-order valence-electron chi connectivity index (χ0n) is 20.2. The van der Waals surface area contributed by atoms with Crippen molar-refractivity contribution in [1.82, 2.24) is 14.9 Å². The van der Waals surface area contributed by atoms with E-state index in [1.807, 2.05) is 17.0 Å². The van der Waals surface area contributed by atoms with Gasteiger partial charge in [-0.15, -0.1) is 0 Å². The third kappa shape index (κ3) is 5.41. The normalized spacial score (nSPS) is 18.6. The molecule has 33 heavy (non-hydrogen) atoms. The third-order valence-corrected chi connectivity index (χ3v) is 6.61. The molecule has 0 unspecified atom stereocenters. The maximum atomic E-state index is 12.7. The van der Waals surface area contributed by atoms with E-state index in [4.69, 9.17) is 9.97 Å². The smallest absolute Gasteiger partial charge is 0.228 e. The van der Waals surface area contributed by atoms with Gasteiger partial charge >= 0.3 is 0 Å². The first-order chi connectivity index (χ1) is 15.8. The van der Waals surface area contributed by atoms with E-state index in [0.29, 0.717) is 18.9 Å². The van der Waals surface area contributed by atoms with Crippen molar-refractivity contribution in [2.24, 2.45) is 5.92 Å². The summed E-state index contributed by atoms with van der Waals surface area (Å²) >= 11 is 0. The number of likely N-dealkylation sites (tertiary alicyclic amines) is 1. The lowest BCUT2D eigenvalue weighted by Crippen LogP contribution is -2.38. The van der Waals surface area contributed by atoms with Gasteiger partial charge in [0.1, 0.15) is 11.6 Å². The van der Waals surface area contributed by atoms with Crippen LogP contribution in [0.25, 0.3) is 0 Å². The number of hydrogen-bond donors (Lipinski definition) is 1. The molecule has 3 heterocycles. The Balaban J connectivity index is 1.56. The van der Waals surface area contributed by atoms with E-state index in [2.05, 4.69) is 43.1 Å². The number of benzene rings is 1. The van der Waals surface area contributed by atoms with E-state index >= 15 is 0 Å². The maximum absolute atomic E-state index is 12.7. The van der Waals surface area contributed by atoms with Crippen molar-refractivity contribution in [3.63, 3.8) is 0 Å². The number of nitrogens with one attached hydrogen (secondary N) is 1. The summed E-state index contributed by atoms with van der Waals surface area (Å²) in [7, 11) is 0. The van der Waals surface area contributed by atoms with Crippen LogP contribution in [0.4, 0.5) is 11.5 Å². The molecular formula is C26H35N5O2. The number of aryl methyl sites for hydroxylation is 1. The van der Waals surface area contributed by atoms with Gasteiger partial charge in [-0.1, -0.05) is 26.0 Å². The van der Waals surface area contributed by atoms with Crippen molar-refractivity contribution in [3.8, 4) is 0 Å². The molecule has 2 aromatic rings. The van der Waals surface area contributed by atoms with E-state index in [-0.39, 0.29) is 17.9 Å². The Bertz CT molecular complexity index is 1020. The number of aromatic nitrogens is 2. The lowest BCUT2D eigenvalue weighted by molar-refractivity contribution is -0.119. The van der Waals surface area contributed by atoms with Crippen molar-refractivity contribution in [2.75, 3.05) is 23.3 Å². The summed E-state index contributed by atoms with van der Waals surface area (Å²) in [4.78, 5) is 38.3. The lowest BCUT2D eigenvalue weighted by Gasteiger charge is -2.31. The number of fused-ring (bicyclic) bond motifs is 1. The highest BCUT2D eigenvalue weighted by Crippen LogP contribution is 2.35. The van der Waals surface area contributed by atoms with E-state index < -0.39 is 0 Å². The van der Waals surface area contributed by atoms with Gasteiger partial charge < -0.3 is 5.32 Å². The van der Waals surface area contributed by atoms with E-state index in [1.165, 1.54) is 12.5 Å². The quantitative estimate of drug-likeness (QED) is 0.678. The summed E-state index contributed by atoms with van der Waals surface area (Å²) in [6.07, 6.45) is 4.35. The molecule has 0 radical (unpaired) electrons. The zero-order valence-corrected chi connectivity index (χ0v) is 20.2. The van der Waals surface area contributed by atoms with Crippen LogP contribution in [0.3, 0.4) is 0 Å². The second-order valence-electron chi connectivity index (χ2n) is 9.70. The van der Waals surface area contributed by atoms with Crippen molar-refractivity contribution in [3.05, 3.63) is 46.9 Å². The van der Waals surface area contributed by atoms with Crippen LogP contribution in [0, 0.1) is 12.8 Å². The molecule has 1 atom stereocenters. The fourth-order valence-corrected chi connectivity index (χ4v) is 4.81. The average Bonchev–Trinajstić information content (AvgIpc) is 3.22. The standard InChI is InChI=1S/C26H35N5O2/c1-17(2)13-15-31-24(33)12-11-22-18(3)27-25(29-26(22)31)23-6-5-14-30(23)16-20-7-9-21(10-8-20)28-19(4)32/h7-10,17,23H,5-6,11-16H2,1-4H3,(H,28,32)/t23-/m1/s1. The predicted molar refractivity (Wildman–Crippen MR) is 130 cm³/mol. The summed E-state index contributed by atoms with van der Waals surface area (Å²) in [5.74, 6) is 2.31. The van der Waals surface area contributed by atoms with Crippen molar-refractivity contribution >= 4 is 23.3 Å². The first kappa shape index (κ1) is 23.4. The molecule has 7 heteroatoms. The molecule has 2 aliphatic heterocycles. The van der Waals surface area contributed by atoms with Crippen LogP contribution in [-0.4, -0.2) is 39.8 Å². The molecule has 0 bridgehead atoms. The Hall–Kier alpha value is -2.80. The molecule has 176 valence electrons. The Morgan fingerprint density at radius 2 is 1.94 bits per heavy atom. The summed E-state index contributed by atoms with van der Waals surface area (Å²) < 4.78 is 0. The number of rotatable bonds is 7. The molecule has 2 aliphatic rings. The summed E-state index contributed by atoms with van der Waals surface area (Å²) in [5, 5.41) is 2.82. The number of amides is 2. The number of hydrogen-bond acceptors (Lipinski definition) is 5. The van der Waals surface area contributed by atoms with Crippen LogP contribution < -0.4 is 10.2 Å². The van der Waals surface area contributed by atoms with Gasteiger partial charge in [0.25, 0.3) is 0 Å². The monoisotopic (exact) mass is 449 g/mol. The highest BCUT2D eigenvalue weighted by Gasteiger charge is 2.33. The SMILES string of the molecule is CC(=O)Nc1ccc(CN2CCC[C@@H]2c2nc(C)c3c(n2)N(CCC(C)C)C(=O)CC3)cc1. The Labute approximate surface area is 196 Å². The first-order valence-electron chi connectivity index (χ1n) is 12.1. The van der Waals surface area contributed by atoms with Crippen LogP contribution >= 0.6 is 0 Å².